The number of hydrogen-bond acceptors (Lipinski definition) is 7. The summed E-state index contributed by atoms with van der Waals surface area (Å²) < 4.78 is 48.8. The lowest BCUT2D eigenvalue weighted by molar-refractivity contribution is -0.137. The number of aromatic nitrogens is 3. The second-order valence-electron chi connectivity index (χ2n) is 9.37. The topological polar surface area (TPSA) is 118 Å². The highest BCUT2D eigenvalue weighted by Crippen LogP contribution is 2.40. The molecule has 0 atom stereocenters. The van der Waals surface area contributed by atoms with E-state index >= 15 is 0 Å². The first kappa shape index (κ1) is 29.6. The van der Waals surface area contributed by atoms with Gasteiger partial charge in [-0.15, -0.1) is 17.8 Å². The summed E-state index contributed by atoms with van der Waals surface area (Å²) in [5.41, 5.74) is -1.36. The third-order valence-electron chi connectivity index (χ3n) is 6.69. The van der Waals surface area contributed by atoms with Crippen LogP contribution in [0.4, 0.5) is 13.2 Å². The number of nitriles is 1. The molecule has 5 aromatic rings. The zero-order chi connectivity index (χ0) is 31.2. The lowest BCUT2D eigenvalue weighted by atomic mass is 9.97. The van der Waals surface area contributed by atoms with Crippen LogP contribution in [0.15, 0.2) is 40.5 Å². The van der Waals surface area contributed by atoms with Crippen LogP contribution in [0, 0.1) is 37.5 Å². The molecule has 13 heteroatoms. The predicted molar refractivity (Wildman–Crippen MR) is 156 cm³/mol. The van der Waals surface area contributed by atoms with Crippen molar-refractivity contribution in [2.75, 3.05) is 6.61 Å². The highest BCUT2D eigenvalue weighted by Gasteiger charge is 2.36. The Kier molecular flexibility index (Phi) is 7.61. The van der Waals surface area contributed by atoms with E-state index in [1.807, 2.05) is 5.92 Å². The molecule has 0 aliphatic carbocycles. The maximum atomic E-state index is 13.6. The van der Waals surface area contributed by atoms with Crippen molar-refractivity contribution in [1.82, 2.24) is 14.5 Å². The number of thiophene rings is 1. The number of benzene rings is 2. The van der Waals surface area contributed by atoms with Gasteiger partial charge in [0.2, 0.25) is 0 Å². The van der Waals surface area contributed by atoms with Gasteiger partial charge in [0.1, 0.15) is 24.3 Å². The molecule has 3 heterocycles. The Morgan fingerprint density at radius 2 is 1.93 bits per heavy atom. The molecule has 5 rings (SSSR count). The van der Waals surface area contributed by atoms with E-state index in [1.165, 1.54) is 28.2 Å². The molecule has 2 aromatic carbocycles. The van der Waals surface area contributed by atoms with Crippen LogP contribution in [0.2, 0.25) is 5.02 Å². The number of carbonyl (C=O) groups is 1. The summed E-state index contributed by atoms with van der Waals surface area (Å²) in [6.07, 6.45) is 0.464. The molecular weight excluding hydrogens is 605 g/mol. The van der Waals surface area contributed by atoms with E-state index in [2.05, 4.69) is 9.97 Å². The quantitative estimate of drug-likeness (QED) is 0.212. The summed E-state index contributed by atoms with van der Waals surface area (Å²) in [7, 11) is 0. The number of pyridine rings is 1. The van der Waals surface area contributed by atoms with Gasteiger partial charge in [-0.05, 0) is 44.2 Å². The summed E-state index contributed by atoms with van der Waals surface area (Å²) in [6.45, 7) is 3.04. The van der Waals surface area contributed by atoms with Crippen molar-refractivity contribution >= 4 is 50.0 Å². The zero-order valence-electron chi connectivity index (χ0n) is 22.3. The van der Waals surface area contributed by atoms with E-state index in [9.17, 15) is 33.1 Å². The average molecular weight is 623 g/mol. The standard InChI is InChI=1S/C30H18ClF3N4O4S/c1-4-17-20(12-35)25-23(11-22(17)30(32,33)34)37-15(3)38(28(25)39)7-8-42-24-6-5-16(31)10-18(24)19-9-14(2)36-26-21(29(40)41)13-43-27(19)26/h1,5-6,9-11,13H,7-8H2,2-3H3,(H,40,41). The SMILES string of the molecule is C#Cc1c(C(F)(F)F)cc2nc(C)n(CCOc3ccc(Cl)cc3-c3cc(C)nc4c(C(=O)O)csc34)c(=O)c2c1C#N. The van der Waals surface area contributed by atoms with Crippen LogP contribution >= 0.6 is 22.9 Å². The number of halogens is 4. The molecule has 0 saturated carbocycles. The van der Waals surface area contributed by atoms with Crippen molar-refractivity contribution < 1.29 is 27.8 Å². The van der Waals surface area contributed by atoms with Crippen molar-refractivity contribution in [1.29, 1.82) is 5.26 Å². The van der Waals surface area contributed by atoms with Gasteiger partial charge in [0, 0.05) is 27.2 Å². The zero-order valence-corrected chi connectivity index (χ0v) is 23.9. The minimum atomic E-state index is -4.85. The predicted octanol–water partition coefficient (Wildman–Crippen LogP) is 6.59. The molecule has 0 fully saturated rings. The van der Waals surface area contributed by atoms with Crippen LogP contribution in [0.25, 0.3) is 32.2 Å². The molecule has 1 N–H and O–H groups in total. The van der Waals surface area contributed by atoms with Crippen molar-refractivity contribution in [3.05, 3.63) is 84.9 Å². The van der Waals surface area contributed by atoms with Crippen molar-refractivity contribution in [3.63, 3.8) is 0 Å². The fourth-order valence-corrected chi connectivity index (χ4v) is 6.00. The molecule has 3 aromatic heterocycles. The molecule has 0 unspecified atom stereocenters. The largest absolute Gasteiger partial charge is 0.491 e. The van der Waals surface area contributed by atoms with Gasteiger partial charge in [-0.25, -0.2) is 9.78 Å². The van der Waals surface area contributed by atoms with Gasteiger partial charge in [-0.1, -0.05) is 17.5 Å². The molecular formula is C30H18ClF3N4O4S. The van der Waals surface area contributed by atoms with E-state index in [4.69, 9.17) is 22.8 Å². The van der Waals surface area contributed by atoms with Crippen molar-refractivity contribution in [3.8, 4) is 35.3 Å². The Hall–Kier alpha value is -4.91. The van der Waals surface area contributed by atoms with Crippen molar-refractivity contribution in [2.45, 2.75) is 26.6 Å². The third-order valence-corrected chi connectivity index (χ3v) is 7.92. The Morgan fingerprint density at radius 3 is 2.58 bits per heavy atom. The number of fused-ring (bicyclic) bond motifs is 2. The molecule has 0 aliphatic rings. The number of hydrogen-bond donors (Lipinski definition) is 1. The fraction of sp³-hybridized carbons (Fsp3) is 0.167. The third kappa shape index (κ3) is 5.27. The molecule has 0 saturated heterocycles. The summed E-state index contributed by atoms with van der Waals surface area (Å²) in [5, 5.41) is 20.8. The molecule has 0 radical (unpaired) electrons. The van der Waals surface area contributed by atoms with Crippen LogP contribution in [0.5, 0.6) is 5.75 Å². The normalized spacial score (nSPS) is 11.4. The Bertz CT molecular complexity index is 2120. The van der Waals surface area contributed by atoms with Gasteiger partial charge in [-0.2, -0.15) is 18.4 Å². The van der Waals surface area contributed by atoms with Crippen LogP contribution in [0.3, 0.4) is 0 Å². The number of rotatable bonds is 6. The number of carboxylic acid groups (broad SMARTS) is 1. The highest BCUT2D eigenvalue weighted by molar-refractivity contribution is 7.18. The van der Waals surface area contributed by atoms with E-state index in [0.717, 1.165) is 0 Å². The summed E-state index contributed by atoms with van der Waals surface area (Å²) in [5.74, 6) is 1.28. The van der Waals surface area contributed by atoms with Crippen LogP contribution in [-0.2, 0) is 12.7 Å². The smallest absolute Gasteiger partial charge is 0.417 e. The highest BCUT2D eigenvalue weighted by atomic mass is 35.5. The van der Waals surface area contributed by atoms with Crippen molar-refractivity contribution in [2.24, 2.45) is 0 Å². The Balaban J connectivity index is 1.54. The molecule has 43 heavy (non-hydrogen) atoms. The van der Waals surface area contributed by atoms with Gasteiger partial charge in [-0.3, -0.25) is 14.3 Å². The maximum absolute atomic E-state index is 13.6. The number of ether oxygens (including phenoxy) is 1. The first-order valence-electron chi connectivity index (χ1n) is 12.4. The van der Waals surface area contributed by atoms with E-state index < -0.39 is 34.4 Å². The fourth-order valence-electron chi connectivity index (χ4n) is 4.81. The number of nitrogens with zero attached hydrogens (tertiary/aromatic N) is 4. The molecule has 0 bridgehead atoms. The molecule has 0 aliphatic heterocycles. The summed E-state index contributed by atoms with van der Waals surface area (Å²) >= 11 is 7.52. The lowest BCUT2D eigenvalue weighted by Gasteiger charge is -2.17. The van der Waals surface area contributed by atoms with Gasteiger partial charge >= 0.3 is 12.1 Å². The van der Waals surface area contributed by atoms with Gasteiger partial charge < -0.3 is 9.84 Å². The van der Waals surface area contributed by atoms with Gasteiger partial charge in [0.25, 0.3) is 5.56 Å². The van der Waals surface area contributed by atoms with E-state index in [0.29, 0.717) is 43.9 Å². The van der Waals surface area contributed by atoms with Crippen LogP contribution < -0.4 is 10.3 Å². The second-order valence-corrected chi connectivity index (χ2v) is 10.7. The lowest BCUT2D eigenvalue weighted by Crippen LogP contribution is -2.28. The van der Waals surface area contributed by atoms with Gasteiger partial charge in [0.05, 0.1) is 49.9 Å². The second kappa shape index (κ2) is 11.1. The maximum Gasteiger partial charge on any atom is 0.417 e. The first-order valence-corrected chi connectivity index (χ1v) is 13.7. The van der Waals surface area contributed by atoms with E-state index in [1.54, 1.807) is 37.3 Å². The van der Waals surface area contributed by atoms with Gasteiger partial charge in [0.15, 0.2) is 0 Å². The van der Waals surface area contributed by atoms with Crippen LogP contribution in [-0.4, -0.2) is 32.2 Å². The number of aromatic carboxylic acids is 1. The minimum absolute atomic E-state index is 0.0695. The number of terminal acetylenes is 1. The summed E-state index contributed by atoms with van der Waals surface area (Å²) in [4.78, 5) is 33.8. The first-order chi connectivity index (χ1) is 20.3. The Labute approximate surface area is 250 Å². The van der Waals surface area contributed by atoms with E-state index in [-0.39, 0.29) is 35.4 Å². The number of aryl methyl sites for hydroxylation is 2. The minimum Gasteiger partial charge on any atom is -0.491 e. The molecule has 0 spiro atoms. The molecule has 8 nitrogen and oxygen atoms in total. The van der Waals surface area contributed by atoms with Crippen LogP contribution in [0.1, 0.15) is 38.6 Å². The number of alkyl halides is 3. The average Bonchev–Trinajstić information content (AvgIpc) is 3.37. The monoisotopic (exact) mass is 622 g/mol. The Morgan fingerprint density at radius 1 is 1.19 bits per heavy atom. The molecule has 0 amide bonds. The summed E-state index contributed by atoms with van der Waals surface area (Å²) in [6, 6.07) is 9.02. The molecule has 216 valence electrons. The number of carboxylic acids is 1.